The van der Waals surface area contributed by atoms with Gasteiger partial charge in [0.1, 0.15) is 30.2 Å². The van der Waals surface area contributed by atoms with Crippen molar-refractivity contribution in [2.75, 3.05) is 55.7 Å². The predicted molar refractivity (Wildman–Crippen MR) is 225 cm³/mol. The van der Waals surface area contributed by atoms with E-state index in [1.807, 2.05) is 24.3 Å². The van der Waals surface area contributed by atoms with Crippen molar-refractivity contribution in [1.82, 2.24) is 20.1 Å². The van der Waals surface area contributed by atoms with Crippen molar-refractivity contribution in [1.29, 1.82) is 0 Å². The van der Waals surface area contributed by atoms with Crippen LogP contribution in [-0.2, 0) is 17.8 Å². The van der Waals surface area contributed by atoms with Gasteiger partial charge in [-0.25, -0.2) is 4.98 Å². The molecular weight excluding hydrogens is 741 g/mol. The number of aromatic nitrogens is 1. The molecule has 2 unspecified atom stereocenters. The number of aryl methyl sites for hydroxylation is 1. The number of rotatable bonds is 6. The summed E-state index contributed by atoms with van der Waals surface area (Å²) in [5, 5.41) is 23.4. The van der Waals surface area contributed by atoms with E-state index < -0.39 is 12.3 Å². The molecule has 11 rings (SSSR count). The van der Waals surface area contributed by atoms with E-state index in [1.165, 1.54) is 47.9 Å². The average Bonchev–Trinajstić information content (AvgIpc) is 3.58. The van der Waals surface area contributed by atoms with Crippen molar-refractivity contribution in [3.8, 4) is 11.5 Å². The summed E-state index contributed by atoms with van der Waals surface area (Å²) >= 11 is 0. The molecule has 11 nitrogen and oxygen atoms in total. The molecule has 1 aromatic heterocycles. The number of amides is 2. The van der Waals surface area contributed by atoms with E-state index in [9.17, 15) is 19.8 Å². The topological polar surface area (TPSA) is 122 Å². The SMILES string of the molecule is O=C1CCC(N2Cc3c(ccc4c3OC[C@H]3CN(CC5CC6(CCN(c7ccc([C@@H]8c9ccc(O)cc9CC[C@@H]8c8ccccc8)cn7)CC6)C5)CCN43)C2=O)C(O)N1. The molecule has 11 heteroatoms. The number of anilines is 2. The average molecular weight is 795 g/mol. The quantitative estimate of drug-likeness (QED) is 0.223. The maximum atomic E-state index is 13.4. The molecule has 0 bridgehead atoms. The minimum absolute atomic E-state index is 0.101. The summed E-state index contributed by atoms with van der Waals surface area (Å²) < 4.78 is 6.47. The highest BCUT2D eigenvalue weighted by atomic mass is 16.5. The highest BCUT2D eigenvalue weighted by Gasteiger charge is 2.48. The maximum Gasteiger partial charge on any atom is 0.255 e. The van der Waals surface area contributed by atoms with Crippen molar-refractivity contribution >= 4 is 23.3 Å². The van der Waals surface area contributed by atoms with Gasteiger partial charge in [0, 0.05) is 68.9 Å². The highest BCUT2D eigenvalue weighted by molar-refractivity contribution is 6.00. The zero-order valence-electron chi connectivity index (χ0n) is 33.6. The Labute approximate surface area is 346 Å². The Hall–Kier alpha value is -5.13. The standard InChI is InChI=1S/C48H54N6O5/c55-35-8-10-37-32(22-35)6-9-36(31-4-2-1-3-5-31)44(37)33-7-14-42(49-25-33)52-18-16-48(17-19-52)23-30(24-48)26-51-20-21-53-34(27-51)29-59-45-39-28-54(41-13-15-43(56)50-46(41)57)47(58)38(39)11-12-40(45)53/h1-5,7-8,10-12,14,22,25,30,34,36,41,44,46,55,57H,6,9,13,15-21,23-24,26-29H2,(H,50,56)/t34-,36-,41?,44+,46?/m1/s1. The van der Waals surface area contributed by atoms with Gasteiger partial charge >= 0.3 is 0 Å². The van der Waals surface area contributed by atoms with Gasteiger partial charge in [-0.2, -0.15) is 0 Å². The Kier molecular flexibility index (Phi) is 9.10. The molecule has 1 spiro atoms. The van der Waals surface area contributed by atoms with Crippen LogP contribution in [0.4, 0.5) is 11.5 Å². The molecule has 1 saturated carbocycles. The van der Waals surface area contributed by atoms with Gasteiger partial charge in [0.25, 0.3) is 5.91 Å². The molecule has 0 radical (unpaired) electrons. The Balaban J connectivity index is 0.687. The van der Waals surface area contributed by atoms with Crippen molar-refractivity contribution in [2.24, 2.45) is 11.3 Å². The fraction of sp³-hybridized carbons (Fsp3) is 0.479. The number of fused-ring (bicyclic) bond motifs is 6. The second-order valence-electron chi connectivity index (χ2n) is 18.5. The summed E-state index contributed by atoms with van der Waals surface area (Å²) in [6.07, 6.45) is 8.90. The van der Waals surface area contributed by atoms with Crippen LogP contribution in [0.2, 0.25) is 0 Å². The third-order valence-corrected chi connectivity index (χ3v) is 15.2. The number of piperazine rings is 1. The first-order valence-corrected chi connectivity index (χ1v) is 21.9. The molecule has 59 heavy (non-hydrogen) atoms. The largest absolute Gasteiger partial charge is 0.508 e. The van der Waals surface area contributed by atoms with E-state index >= 15 is 0 Å². The summed E-state index contributed by atoms with van der Waals surface area (Å²) in [5.41, 5.74) is 8.24. The van der Waals surface area contributed by atoms with Gasteiger partial charge in [-0.15, -0.1) is 0 Å². The summed E-state index contributed by atoms with van der Waals surface area (Å²) in [4.78, 5) is 39.6. The lowest BCUT2D eigenvalue weighted by Gasteiger charge is -2.54. The number of carbonyl (C=O) groups excluding carboxylic acids is 2. The maximum absolute atomic E-state index is 13.4. The lowest BCUT2D eigenvalue weighted by molar-refractivity contribution is -0.129. The molecule has 3 N–H and O–H groups in total. The van der Waals surface area contributed by atoms with E-state index in [0.29, 0.717) is 48.6 Å². The second kappa shape index (κ2) is 14.6. The van der Waals surface area contributed by atoms with Gasteiger partial charge in [0.15, 0.2) is 0 Å². The number of aliphatic hydroxyl groups excluding tert-OH is 1. The van der Waals surface area contributed by atoms with Crippen molar-refractivity contribution in [3.05, 3.63) is 112 Å². The normalized spacial score (nSPS) is 27.6. The molecule has 4 fully saturated rings. The summed E-state index contributed by atoms with van der Waals surface area (Å²) in [6, 6.07) is 25.1. The number of nitrogens with zero attached hydrogens (tertiary/aromatic N) is 5. The summed E-state index contributed by atoms with van der Waals surface area (Å²) in [6.45, 7) is 7.19. The Morgan fingerprint density at radius 3 is 2.53 bits per heavy atom. The summed E-state index contributed by atoms with van der Waals surface area (Å²) in [7, 11) is 0. The number of benzene rings is 3. The zero-order valence-corrected chi connectivity index (χ0v) is 33.6. The first kappa shape index (κ1) is 36.9. The molecule has 7 aliphatic rings. The van der Waals surface area contributed by atoms with Crippen molar-refractivity contribution < 1.29 is 24.5 Å². The molecule has 6 heterocycles. The number of phenolic OH excluding ortho intramolecular Hbond substituents is 1. The van der Waals surface area contributed by atoms with Crippen LogP contribution < -0.4 is 19.9 Å². The molecule has 306 valence electrons. The smallest absolute Gasteiger partial charge is 0.255 e. The number of ether oxygens (including phenoxy) is 1. The lowest BCUT2D eigenvalue weighted by atomic mass is 9.57. The number of pyridine rings is 1. The third-order valence-electron chi connectivity index (χ3n) is 15.2. The molecule has 2 amide bonds. The monoisotopic (exact) mass is 794 g/mol. The minimum Gasteiger partial charge on any atom is -0.508 e. The number of aromatic hydroxyl groups is 1. The highest BCUT2D eigenvalue weighted by Crippen LogP contribution is 2.54. The van der Waals surface area contributed by atoms with Crippen LogP contribution in [-0.4, -0.2) is 101 Å². The number of hydrogen-bond acceptors (Lipinski definition) is 9. The van der Waals surface area contributed by atoms with E-state index in [-0.39, 0.29) is 23.8 Å². The number of carbonyl (C=O) groups is 2. The van der Waals surface area contributed by atoms with Crippen LogP contribution in [0.15, 0.2) is 79.0 Å². The van der Waals surface area contributed by atoms with Gasteiger partial charge in [0.05, 0.1) is 24.3 Å². The Bertz CT molecular complexity index is 2250. The summed E-state index contributed by atoms with van der Waals surface area (Å²) in [5.74, 6) is 3.27. The van der Waals surface area contributed by atoms with Crippen molar-refractivity contribution in [2.45, 2.75) is 88.1 Å². The number of nitrogens with one attached hydrogen (secondary N) is 1. The van der Waals surface area contributed by atoms with Gasteiger partial charge < -0.3 is 35.0 Å². The molecule has 2 aliphatic carbocycles. The first-order valence-electron chi connectivity index (χ1n) is 21.9. The number of piperidine rings is 2. The van der Waals surface area contributed by atoms with Crippen LogP contribution >= 0.6 is 0 Å². The van der Waals surface area contributed by atoms with Gasteiger partial charge in [-0.1, -0.05) is 42.5 Å². The van der Waals surface area contributed by atoms with Gasteiger partial charge in [-0.05, 0) is 115 Å². The second-order valence-corrected chi connectivity index (χ2v) is 18.5. The minimum atomic E-state index is -1.05. The third kappa shape index (κ3) is 6.52. The zero-order chi connectivity index (χ0) is 39.8. The van der Waals surface area contributed by atoms with Crippen LogP contribution in [0.5, 0.6) is 11.5 Å². The van der Waals surface area contributed by atoms with Crippen LogP contribution in [0.1, 0.15) is 95.0 Å². The molecule has 5 aliphatic heterocycles. The van der Waals surface area contributed by atoms with E-state index in [2.05, 4.69) is 74.7 Å². The number of hydrogen-bond donors (Lipinski definition) is 3. The molecule has 4 aromatic rings. The number of phenols is 1. The first-order chi connectivity index (χ1) is 28.8. The van der Waals surface area contributed by atoms with Gasteiger partial charge in [0.2, 0.25) is 5.91 Å². The van der Waals surface area contributed by atoms with Crippen LogP contribution in [0, 0.1) is 11.3 Å². The molecule has 5 atom stereocenters. The van der Waals surface area contributed by atoms with Crippen LogP contribution in [0.3, 0.4) is 0 Å². The predicted octanol–water partition coefficient (Wildman–Crippen LogP) is 5.78. The van der Waals surface area contributed by atoms with Crippen molar-refractivity contribution in [3.63, 3.8) is 0 Å². The van der Waals surface area contributed by atoms with E-state index in [0.717, 1.165) is 80.8 Å². The van der Waals surface area contributed by atoms with Crippen LogP contribution in [0.25, 0.3) is 0 Å². The van der Waals surface area contributed by atoms with E-state index in [4.69, 9.17) is 9.72 Å². The molecule has 3 aromatic carbocycles. The fourth-order valence-electron chi connectivity index (χ4n) is 12.2. The lowest BCUT2D eigenvalue weighted by Crippen LogP contribution is -2.59. The molecule has 3 saturated heterocycles. The van der Waals surface area contributed by atoms with E-state index in [1.54, 1.807) is 4.90 Å². The van der Waals surface area contributed by atoms with Gasteiger partial charge in [-0.3, -0.25) is 14.5 Å². The fourth-order valence-corrected chi connectivity index (χ4v) is 12.2. The Morgan fingerprint density at radius 1 is 0.881 bits per heavy atom. The molecular formula is C48H54N6O5. The Morgan fingerprint density at radius 2 is 1.73 bits per heavy atom. The number of aliphatic hydroxyl groups is 1.